The van der Waals surface area contributed by atoms with Crippen LogP contribution in [0.1, 0.15) is 17.0 Å². The lowest BCUT2D eigenvalue weighted by molar-refractivity contribution is -0.113. The lowest BCUT2D eigenvalue weighted by atomic mass is 10.1. The summed E-state index contributed by atoms with van der Waals surface area (Å²) in [5, 5.41) is 15.8. The number of nitrogens with one attached hydrogen (secondary N) is 2. The minimum Gasteiger partial charge on any atom is -0.497 e. The van der Waals surface area contributed by atoms with Gasteiger partial charge >= 0.3 is 0 Å². The summed E-state index contributed by atoms with van der Waals surface area (Å²) in [5.41, 5.74) is 5.12. The second-order valence-electron chi connectivity index (χ2n) is 7.81. The Hall–Kier alpha value is -3.78. The highest BCUT2D eigenvalue weighted by atomic mass is 32.2. The third kappa shape index (κ3) is 5.77. The molecule has 1 aromatic heterocycles. The molecule has 0 unspecified atom stereocenters. The number of carbonyl (C=O) groups excluding carboxylic acids is 1. The second-order valence-corrected chi connectivity index (χ2v) is 8.75. The molecule has 4 aromatic rings. The molecule has 0 radical (unpaired) electrons. The number of hydrogen-bond donors (Lipinski definition) is 2. The molecule has 0 saturated heterocycles. The molecule has 7 nitrogen and oxygen atoms in total. The number of methoxy groups -OCH3 is 1. The first kappa shape index (κ1) is 23.4. The third-order valence-corrected chi connectivity index (χ3v) is 6.17. The molecule has 8 heteroatoms. The SMILES string of the molecule is COc1ccc(NC(=O)CSc2nnc(CNc3ccc(C)cc3C)n2-c2ccccc2)cc1. The van der Waals surface area contributed by atoms with Crippen LogP contribution in [0.3, 0.4) is 0 Å². The number of rotatable bonds is 9. The molecule has 34 heavy (non-hydrogen) atoms. The van der Waals surface area contributed by atoms with Gasteiger partial charge in [0.1, 0.15) is 5.75 Å². The first-order valence-electron chi connectivity index (χ1n) is 10.9. The summed E-state index contributed by atoms with van der Waals surface area (Å²) in [5.74, 6) is 1.60. The van der Waals surface area contributed by atoms with Gasteiger partial charge in [-0.15, -0.1) is 10.2 Å². The van der Waals surface area contributed by atoms with Gasteiger partial charge in [0.25, 0.3) is 0 Å². The molecule has 3 aromatic carbocycles. The van der Waals surface area contributed by atoms with Crippen molar-refractivity contribution in [2.75, 3.05) is 23.5 Å². The summed E-state index contributed by atoms with van der Waals surface area (Å²) in [6.07, 6.45) is 0. The Morgan fingerprint density at radius 1 is 1.00 bits per heavy atom. The normalized spacial score (nSPS) is 10.7. The fourth-order valence-corrected chi connectivity index (χ4v) is 4.30. The predicted molar refractivity (Wildman–Crippen MR) is 137 cm³/mol. The Kier molecular flexibility index (Phi) is 7.49. The number of para-hydroxylation sites is 1. The average Bonchev–Trinajstić information content (AvgIpc) is 3.26. The van der Waals surface area contributed by atoms with Gasteiger partial charge in [0, 0.05) is 17.1 Å². The van der Waals surface area contributed by atoms with E-state index in [-0.39, 0.29) is 11.7 Å². The van der Waals surface area contributed by atoms with Crippen molar-refractivity contribution in [1.29, 1.82) is 0 Å². The third-order valence-electron chi connectivity index (χ3n) is 5.24. The van der Waals surface area contributed by atoms with Gasteiger partial charge in [-0.05, 0) is 61.9 Å². The molecular formula is C26H27N5O2S. The zero-order valence-electron chi connectivity index (χ0n) is 19.4. The van der Waals surface area contributed by atoms with E-state index in [0.29, 0.717) is 17.4 Å². The molecule has 1 heterocycles. The zero-order valence-corrected chi connectivity index (χ0v) is 20.2. The number of amides is 1. The van der Waals surface area contributed by atoms with Crippen LogP contribution in [0, 0.1) is 13.8 Å². The first-order valence-corrected chi connectivity index (χ1v) is 11.9. The highest BCUT2D eigenvalue weighted by molar-refractivity contribution is 7.99. The fourth-order valence-electron chi connectivity index (χ4n) is 3.53. The highest BCUT2D eigenvalue weighted by Gasteiger charge is 2.16. The molecule has 0 aliphatic heterocycles. The van der Waals surface area contributed by atoms with Crippen molar-refractivity contribution in [2.24, 2.45) is 0 Å². The van der Waals surface area contributed by atoms with Crippen molar-refractivity contribution in [3.05, 3.63) is 89.7 Å². The van der Waals surface area contributed by atoms with Gasteiger partial charge in [0.2, 0.25) is 5.91 Å². The number of aryl methyl sites for hydroxylation is 2. The molecule has 0 aliphatic carbocycles. The van der Waals surface area contributed by atoms with Gasteiger partial charge in [0.05, 0.1) is 19.4 Å². The van der Waals surface area contributed by atoms with Crippen molar-refractivity contribution in [3.8, 4) is 11.4 Å². The van der Waals surface area contributed by atoms with Gasteiger partial charge in [-0.25, -0.2) is 0 Å². The highest BCUT2D eigenvalue weighted by Crippen LogP contribution is 2.24. The lowest BCUT2D eigenvalue weighted by Gasteiger charge is -2.13. The molecule has 0 saturated carbocycles. The number of aromatic nitrogens is 3. The molecule has 0 atom stereocenters. The van der Waals surface area contributed by atoms with E-state index in [1.54, 1.807) is 7.11 Å². The van der Waals surface area contributed by atoms with E-state index in [1.165, 1.54) is 22.9 Å². The van der Waals surface area contributed by atoms with Gasteiger partial charge in [-0.1, -0.05) is 47.7 Å². The molecule has 2 N–H and O–H groups in total. The standard InChI is InChI=1S/C26H27N5O2S/c1-18-9-14-23(19(2)15-18)27-16-24-29-30-26(31(24)21-7-5-4-6-8-21)34-17-25(32)28-20-10-12-22(33-3)13-11-20/h4-15,27H,16-17H2,1-3H3,(H,28,32). The Morgan fingerprint density at radius 3 is 2.47 bits per heavy atom. The van der Waals surface area contributed by atoms with Gasteiger partial charge in [-0.2, -0.15) is 0 Å². The molecule has 0 fully saturated rings. The Morgan fingerprint density at radius 2 is 1.76 bits per heavy atom. The van der Waals surface area contributed by atoms with Crippen molar-refractivity contribution in [3.63, 3.8) is 0 Å². The summed E-state index contributed by atoms with van der Waals surface area (Å²) >= 11 is 1.35. The van der Waals surface area contributed by atoms with Crippen molar-refractivity contribution >= 4 is 29.0 Å². The largest absolute Gasteiger partial charge is 0.497 e. The topological polar surface area (TPSA) is 81.1 Å². The minimum atomic E-state index is -0.118. The van der Waals surface area contributed by atoms with E-state index >= 15 is 0 Å². The predicted octanol–water partition coefficient (Wildman–Crippen LogP) is 5.24. The second kappa shape index (κ2) is 10.9. The van der Waals surface area contributed by atoms with Crippen LogP contribution in [0.15, 0.2) is 78.0 Å². The number of ether oxygens (including phenoxy) is 1. The quantitative estimate of drug-likeness (QED) is 0.324. The van der Waals surface area contributed by atoms with Crippen molar-refractivity contribution in [1.82, 2.24) is 14.8 Å². The van der Waals surface area contributed by atoms with Gasteiger partial charge in [-0.3, -0.25) is 9.36 Å². The van der Waals surface area contributed by atoms with E-state index in [0.717, 1.165) is 22.9 Å². The maximum atomic E-state index is 12.5. The van der Waals surface area contributed by atoms with E-state index in [4.69, 9.17) is 4.74 Å². The summed E-state index contributed by atoms with van der Waals surface area (Å²) in [7, 11) is 1.61. The summed E-state index contributed by atoms with van der Waals surface area (Å²) in [6, 6.07) is 23.5. The molecule has 4 rings (SSSR count). The maximum Gasteiger partial charge on any atom is 0.234 e. The molecular weight excluding hydrogens is 446 g/mol. The number of thioether (sulfide) groups is 1. The van der Waals surface area contributed by atoms with Crippen LogP contribution in [0.5, 0.6) is 5.75 Å². The molecule has 0 aliphatic rings. The summed E-state index contributed by atoms with van der Waals surface area (Å²) in [6.45, 7) is 4.67. The smallest absolute Gasteiger partial charge is 0.234 e. The molecule has 174 valence electrons. The van der Waals surface area contributed by atoms with Gasteiger partial charge < -0.3 is 15.4 Å². The van der Waals surface area contributed by atoms with E-state index in [1.807, 2.05) is 59.2 Å². The van der Waals surface area contributed by atoms with E-state index in [9.17, 15) is 4.79 Å². The van der Waals surface area contributed by atoms with Crippen molar-refractivity contribution < 1.29 is 9.53 Å². The zero-order chi connectivity index (χ0) is 23.9. The lowest BCUT2D eigenvalue weighted by Crippen LogP contribution is -2.15. The van der Waals surface area contributed by atoms with Crippen LogP contribution >= 0.6 is 11.8 Å². The average molecular weight is 474 g/mol. The summed E-state index contributed by atoms with van der Waals surface area (Å²) in [4.78, 5) is 12.5. The molecule has 1 amide bonds. The number of benzene rings is 3. The summed E-state index contributed by atoms with van der Waals surface area (Å²) < 4.78 is 7.14. The number of nitrogens with zero attached hydrogens (tertiary/aromatic N) is 3. The van der Waals surface area contributed by atoms with Crippen LogP contribution in [0.2, 0.25) is 0 Å². The Balaban J connectivity index is 1.48. The van der Waals surface area contributed by atoms with Crippen LogP contribution in [-0.4, -0.2) is 33.5 Å². The van der Waals surface area contributed by atoms with Crippen LogP contribution in [0.4, 0.5) is 11.4 Å². The van der Waals surface area contributed by atoms with Crippen LogP contribution in [0.25, 0.3) is 5.69 Å². The van der Waals surface area contributed by atoms with Crippen molar-refractivity contribution in [2.45, 2.75) is 25.5 Å². The first-order chi connectivity index (χ1) is 16.5. The monoisotopic (exact) mass is 473 g/mol. The number of hydrogen-bond acceptors (Lipinski definition) is 6. The Bertz CT molecular complexity index is 1260. The fraction of sp³-hybridized carbons (Fsp3) is 0.192. The minimum absolute atomic E-state index is 0.118. The van der Waals surface area contributed by atoms with Crippen LogP contribution in [-0.2, 0) is 11.3 Å². The molecule has 0 spiro atoms. The van der Waals surface area contributed by atoms with Gasteiger partial charge in [0.15, 0.2) is 11.0 Å². The Labute approximate surface area is 203 Å². The molecule has 0 bridgehead atoms. The van der Waals surface area contributed by atoms with Crippen LogP contribution < -0.4 is 15.4 Å². The maximum absolute atomic E-state index is 12.5. The van der Waals surface area contributed by atoms with E-state index in [2.05, 4.69) is 52.9 Å². The number of anilines is 2. The van der Waals surface area contributed by atoms with E-state index < -0.39 is 0 Å². The number of carbonyl (C=O) groups is 1.